The molecule has 0 radical (unpaired) electrons. The molecule has 0 spiro atoms. The minimum absolute atomic E-state index is 0.0375. The van der Waals surface area contributed by atoms with Crippen LogP contribution in [0.15, 0.2) is 54.3 Å². The van der Waals surface area contributed by atoms with Crippen molar-refractivity contribution < 1.29 is 40.6 Å². The molecule has 2 N–H and O–H groups in total. The number of hydrogen-bond acceptors (Lipinski definition) is 4. The van der Waals surface area contributed by atoms with E-state index in [1.807, 2.05) is 26.0 Å². The molecule has 1 unspecified atom stereocenters. The van der Waals surface area contributed by atoms with Crippen molar-refractivity contribution in [3.8, 4) is 0 Å². The van der Waals surface area contributed by atoms with Crippen LogP contribution in [0, 0.1) is 11.8 Å². The van der Waals surface area contributed by atoms with Crippen molar-refractivity contribution in [1.82, 2.24) is 4.90 Å². The molecule has 11 heteroatoms. The van der Waals surface area contributed by atoms with Crippen LogP contribution in [0.4, 0.5) is 36.8 Å². The number of methoxy groups -OCH3 is 2. The van der Waals surface area contributed by atoms with Gasteiger partial charge in [0, 0.05) is 24.4 Å². The average Bonchev–Trinajstić information content (AvgIpc) is 2.86. The number of nitrogens with zero attached hydrogens (tertiary/aromatic N) is 1. The molecular weight excluding hydrogens is 526 g/mol. The maximum atomic E-state index is 13.7. The highest BCUT2D eigenvalue weighted by atomic mass is 19.4. The number of rotatable bonds is 7. The van der Waals surface area contributed by atoms with Gasteiger partial charge in [-0.05, 0) is 71.4 Å². The Hall–Kier alpha value is -3.63. The Balaban J connectivity index is 2.12. The molecule has 1 amide bonds. The van der Waals surface area contributed by atoms with Crippen molar-refractivity contribution in [3.63, 3.8) is 0 Å². The molecule has 39 heavy (non-hydrogen) atoms. The van der Waals surface area contributed by atoms with E-state index in [0.29, 0.717) is 23.3 Å². The summed E-state index contributed by atoms with van der Waals surface area (Å²) in [6.45, 7) is 3.27. The summed E-state index contributed by atoms with van der Waals surface area (Å²) in [7, 11) is 2.53. The highest BCUT2D eigenvalue weighted by Gasteiger charge is 2.33. The maximum Gasteiger partial charge on any atom is 0.416 e. The fraction of sp³-hybridized carbons (Fsp3) is 0.393. The first-order chi connectivity index (χ1) is 18.1. The lowest BCUT2D eigenvalue weighted by molar-refractivity contribution is -0.138. The number of carbonyl (C=O) groups is 1. The maximum absolute atomic E-state index is 13.7. The van der Waals surface area contributed by atoms with Crippen molar-refractivity contribution in [3.05, 3.63) is 82.1 Å². The summed E-state index contributed by atoms with van der Waals surface area (Å²) in [5.74, 6) is 0.813. The molecule has 0 heterocycles. The Bertz CT molecular complexity index is 1260. The molecule has 1 aliphatic rings. The van der Waals surface area contributed by atoms with Crippen molar-refractivity contribution in [1.29, 1.82) is 0 Å². The van der Waals surface area contributed by atoms with Gasteiger partial charge in [-0.15, -0.1) is 0 Å². The molecule has 3 rings (SSSR count). The predicted octanol–water partition coefficient (Wildman–Crippen LogP) is 7.66. The highest BCUT2D eigenvalue weighted by Crippen LogP contribution is 2.39. The third-order valence-corrected chi connectivity index (χ3v) is 6.53. The molecule has 2 aromatic rings. The lowest BCUT2D eigenvalue weighted by atomic mass is 9.83. The van der Waals surface area contributed by atoms with Gasteiger partial charge in [-0.2, -0.15) is 26.3 Å². The summed E-state index contributed by atoms with van der Waals surface area (Å²) in [6.07, 6.45) is -5.80. The Morgan fingerprint density at radius 3 is 2.23 bits per heavy atom. The zero-order chi connectivity index (χ0) is 29.1. The van der Waals surface area contributed by atoms with Gasteiger partial charge in [-0.25, -0.2) is 4.79 Å². The van der Waals surface area contributed by atoms with E-state index in [1.165, 1.54) is 19.2 Å². The third-order valence-electron chi connectivity index (χ3n) is 6.53. The summed E-state index contributed by atoms with van der Waals surface area (Å²) in [5, 5.41) is 0. The van der Waals surface area contributed by atoms with Crippen LogP contribution >= 0.6 is 0 Å². The van der Waals surface area contributed by atoms with E-state index in [2.05, 4.69) is 0 Å². The SMILES string of the molecule is COC(=O)N(Cc1cc(N)cc(C(F)(F)F)c1)Cc1cc(C(F)(F)F)ccc1C1=CC(C(C)C)CC=C1OC. The number of hydrogen-bond donors (Lipinski definition) is 1. The molecule has 0 fully saturated rings. The van der Waals surface area contributed by atoms with Gasteiger partial charge in [0.15, 0.2) is 0 Å². The molecule has 5 nitrogen and oxygen atoms in total. The number of halogens is 6. The van der Waals surface area contributed by atoms with Gasteiger partial charge in [0.25, 0.3) is 0 Å². The fourth-order valence-electron chi connectivity index (χ4n) is 4.47. The summed E-state index contributed by atoms with van der Waals surface area (Å²) in [5.41, 5.74) is 4.67. The number of alkyl halides is 6. The topological polar surface area (TPSA) is 64.8 Å². The van der Waals surface area contributed by atoms with Gasteiger partial charge in [-0.1, -0.05) is 26.0 Å². The Morgan fingerprint density at radius 1 is 1.00 bits per heavy atom. The standard InChI is InChI=1S/C28H30F6N2O3/c1-16(2)18-5-8-25(38-3)24(12-18)23-7-6-20(27(29,30)31)11-19(23)15-36(26(37)39-4)14-17-9-21(28(32,33)34)13-22(35)10-17/h6-13,16,18H,5,14-15,35H2,1-4H3. The molecule has 1 aliphatic carbocycles. The second-order valence-corrected chi connectivity index (χ2v) is 9.65. The zero-order valence-electron chi connectivity index (χ0n) is 21.9. The number of allylic oxidation sites excluding steroid dienone is 3. The lowest BCUT2D eigenvalue weighted by Crippen LogP contribution is -2.30. The molecule has 1 atom stereocenters. The summed E-state index contributed by atoms with van der Waals surface area (Å²) in [4.78, 5) is 13.7. The van der Waals surface area contributed by atoms with Crippen molar-refractivity contribution in [2.24, 2.45) is 11.8 Å². The van der Waals surface area contributed by atoms with Crippen LogP contribution in [0.1, 0.15) is 48.1 Å². The summed E-state index contributed by atoms with van der Waals surface area (Å²) in [6, 6.07) is 6.05. The van der Waals surface area contributed by atoms with Gasteiger partial charge in [0.1, 0.15) is 5.76 Å². The van der Waals surface area contributed by atoms with E-state index < -0.39 is 36.1 Å². The monoisotopic (exact) mass is 556 g/mol. The number of anilines is 1. The van der Waals surface area contributed by atoms with Gasteiger partial charge < -0.3 is 15.2 Å². The Kier molecular flexibility index (Phi) is 8.92. The predicted molar refractivity (Wildman–Crippen MR) is 135 cm³/mol. The van der Waals surface area contributed by atoms with Crippen molar-refractivity contribution in [2.75, 3.05) is 20.0 Å². The molecule has 0 aliphatic heterocycles. The molecular formula is C28H30F6N2O3. The summed E-state index contributed by atoms with van der Waals surface area (Å²) < 4.78 is 91.4. The number of amides is 1. The van der Waals surface area contributed by atoms with E-state index in [9.17, 15) is 31.1 Å². The van der Waals surface area contributed by atoms with E-state index >= 15 is 0 Å². The number of benzene rings is 2. The van der Waals surface area contributed by atoms with E-state index in [1.54, 1.807) is 0 Å². The van der Waals surface area contributed by atoms with Crippen molar-refractivity contribution >= 4 is 17.4 Å². The zero-order valence-corrected chi connectivity index (χ0v) is 21.9. The molecule has 2 aromatic carbocycles. The molecule has 0 saturated heterocycles. The molecule has 0 aromatic heterocycles. The van der Waals surface area contributed by atoms with Gasteiger partial charge in [0.05, 0.1) is 25.3 Å². The normalized spacial score (nSPS) is 16.0. The number of carbonyl (C=O) groups excluding carboxylic acids is 1. The highest BCUT2D eigenvalue weighted by molar-refractivity contribution is 5.80. The number of nitrogens with two attached hydrogens (primary N) is 1. The van der Waals surface area contributed by atoms with Gasteiger partial charge >= 0.3 is 18.4 Å². The second-order valence-electron chi connectivity index (χ2n) is 9.65. The smallest absolute Gasteiger partial charge is 0.416 e. The second kappa shape index (κ2) is 11.6. The largest absolute Gasteiger partial charge is 0.496 e. The first-order valence-electron chi connectivity index (χ1n) is 12.1. The molecule has 0 saturated carbocycles. The van der Waals surface area contributed by atoms with Crippen LogP contribution in [-0.2, 0) is 34.9 Å². The van der Waals surface area contributed by atoms with E-state index in [4.69, 9.17) is 15.2 Å². The van der Waals surface area contributed by atoms with Crippen LogP contribution in [0.3, 0.4) is 0 Å². The Labute approximate surface area is 222 Å². The average molecular weight is 557 g/mol. The van der Waals surface area contributed by atoms with Crippen LogP contribution in [-0.4, -0.2) is 25.2 Å². The number of nitrogen functional groups attached to an aromatic ring is 1. The van der Waals surface area contributed by atoms with Gasteiger partial charge in [-0.3, -0.25) is 4.90 Å². The van der Waals surface area contributed by atoms with Crippen LogP contribution in [0.25, 0.3) is 5.57 Å². The van der Waals surface area contributed by atoms with Crippen LogP contribution in [0.5, 0.6) is 0 Å². The fourth-order valence-corrected chi connectivity index (χ4v) is 4.47. The Morgan fingerprint density at radius 2 is 1.67 bits per heavy atom. The molecule has 212 valence electrons. The quantitative estimate of drug-likeness (QED) is 0.281. The minimum Gasteiger partial charge on any atom is -0.496 e. The first-order valence-corrected chi connectivity index (χ1v) is 12.1. The third kappa shape index (κ3) is 7.27. The van der Waals surface area contributed by atoms with E-state index in [0.717, 1.165) is 36.3 Å². The summed E-state index contributed by atoms with van der Waals surface area (Å²) >= 11 is 0. The molecule has 0 bridgehead atoms. The van der Waals surface area contributed by atoms with Gasteiger partial charge in [0.2, 0.25) is 0 Å². The van der Waals surface area contributed by atoms with E-state index in [-0.39, 0.29) is 35.2 Å². The van der Waals surface area contributed by atoms with Crippen molar-refractivity contribution in [2.45, 2.75) is 45.7 Å². The van der Waals surface area contributed by atoms with Crippen LogP contribution < -0.4 is 5.73 Å². The van der Waals surface area contributed by atoms with Crippen LogP contribution in [0.2, 0.25) is 0 Å². The lowest BCUT2D eigenvalue weighted by Gasteiger charge is -2.27. The first kappa shape index (κ1) is 29.9. The number of ether oxygens (including phenoxy) is 2. The minimum atomic E-state index is -4.68.